The quantitative estimate of drug-likeness (QED) is 0.853. The molecule has 1 heterocycles. The largest absolute Gasteiger partial charge is 0.308 e. The minimum atomic E-state index is -0.181. The Morgan fingerprint density at radius 3 is 2.32 bits per heavy atom. The van der Waals surface area contributed by atoms with Gasteiger partial charge in [0.15, 0.2) is 0 Å². The molecule has 0 aliphatic rings. The lowest BCUT2D eigenvalue weighted by Crippen LogP contribution is -2.19. The van der Waals surface area contributed by atoms with E-state index in [0.717, 1.165) is 5.56 Å². The van der Waals surface area contributed by atoms with E-state index in [1.165, 1.54) is 0 Å². The van der Waals surface area contributed by atoms with Crippen LogP contribution in [-0.2, 0) is 0 Å². The smallest absolute Gasteiger partial charge is 0.0805 e. The molecule has 0 amide bonds. The molecule has 0 saturated heterocycles. The van der Waals surface area contributed by atoms with Crippen LogP contribution in [0, 0.1) is 0 Å². The summed E-state index contributed by atoms with van der Waals surface area (Å²) in [4.78, 5) is 4.27. The summed E-state index contributed by atoms with van der Waals surface area (Å²) >= 11 is 24.0. The van der Waals surface area contributed by atoms with Gasteiger partial charge in [0.2, 0.25) is 0 Å². The highest BCUT2D eigenvalue weighted by Crippen LogP contribution is 2.31. The number of nitrogens with zero attached hydrogens (tertiary/aromatic N) is 1. The summed E-state index contributed by atoms with van der Waals surface area (Å²) in [6.45, 7) is 0. The number of aromatic nitrogens is 1. The lowest BCUT2D eigenvalue weighted by Gasteiger charge is -2.18. The fraction of sp³-hybridized carbons (Fsp3) is 0.154. The zero-order valence-corrected chi connectivity index (χ0v) is 12.9. The maximum atomic E-state index is 6.18. The van der Waals surface area contributed by atoms with Crippen molar-refractivity contribution < 1.29 is 0 Å². The summed E-state index contributed by atoms with van der Waals surface area (Å²) in [6.07, 6.45) is 1.56. The maximum absolute atomic E-state index is 6.18. The first-order valence-corrected chi connectivity index (χ1v) is 6.97. The molecule has 2 rings (SSSR count). The zero-order valence-electron chi connectivity index (χ0n) is 9.92. The number of pyridine rings is 1. The fourth-order valence-corrected chi connectivity index (χ4v) is 2.59. The van der Waals surface area contributed by atoms with Crippen molar-refractivity contribution in [3.8, 4) is 0 Å². The van der Waals surface area contributed by atoms with E-state index in [1.54, 1.807) is 24.4 Å². The van der Waals surface area contributed by atoms with Crippen LogP contribution >= 0.6 is 46.4 Å². The topological polar surface area (TPSA) is 24.9 Å². The maximum Gasteiger partial charge on any atom is 0.0805 e. The van der Waals surface area contributed by atoms with Crippen molar-refractivity contribution in [3.05, 3.63) is 61.8 Å². The van der Waals surface area contributed by atoms with Crippen molar-refractivity contribution in [3.63, 3.8) is 0 Å². The van der Waals surface area contributed by atoms with Crippen molar-refractivity contribution in [2.75, 3.05) is 7.05 Å². The summed E-state index contributed by atoms with van der Waals surface area (Å²) in [7, 11) is 1.82. The Morgan fingerprint density at radius 1 is 1.00 bits per heavy atom. The Balaban J connectivity index is 2.46. The number of benzene rings is 1. The summed E-state index contributed by atoms with van der Waals surface area (Å²) in [5.41, 5.74) is 1.61. The van der Waals surface area contributed by atoms with Crippen molar-refractivity contribution in [2.45, 2.75) is 6.04 Å². The van der Waals surface area contributed by atoms with Crippen LogP contribution in [0.5, 0.6) is 0 Å². The van der Waals surface area contributed by atoms with E-state index < -0.39 is 0 Å². The van der Waals surface area contributed by atoms with Gasteiger partial charge in [-0.1, -0.05) is 52.5 Å². The van der Waals surface area contributed by atoms with E-state index in [2.05, 4.69) is 10.3 Å². The van der Waals surface area contributed by atoms with Crippen LogP contribution in [0.25, 0.3) is 0 Å². The zero-order chi connectivity index (χ0) is 14.0. The Labute approximate surface area is 131 Å². The van der Waals surface area contributed by atoms with Crippen LogP contribution in [0.2, 0.25) is 20.1 Å². The summed E-state index contributed by atoms with van der Waals surface area (Å²) in [5, 5.41) is 5.15. The first kappa shape index (κ1) is 14.9. The Kier molecular flexibility index (Phi) is 4.93. The van der Waals surface area contributed by atoms with Crippen molar-refractivity contribution >= 4 is 46.4 Å². The van der Waals surface area contributed by atoms with Gasteiger partial charge in [-0.3, -0.25) is 4.98 Å². The standard InChI is InChI=1S/C13H10Cl4N2/c1-18-12(7-2-3-9(15)10(16)4-7)13-11(17)5-8(14)6-19-13/h2-6,12,18H,1H3. The average molecular weight is 336 g/mol. The fourth-order valence-electron chi connectivity index (χ4n) is 1.79. The highest BCUT2D eigenvalue weighted by molar-refractivity contribution is 6.42. The third kappa shape index (κ3) is 3.33. The molecular formula is C13H10Cl4N2. The SMILES string of the molecule is CNC(c1ccc(Cl)c(Cl)c1)c1ncc(Cl)cc1Cl. The summed E-state index contributed by atoms with van der Waals surface area (Å²) < 4.78 is 0. The van der Waals surface area contributed by atoms with Gasteiger partial charge in [-0.05, 0) is 30.8 Å². The van der Waals surface area contributed by atoms with Crippen LogP contribution in [0.3, 0.4) is 0 Å². The van der Waals surface area contributed by atoms with Crippen molar-refractivity contribution in [2.24, 2.45) is 0 Å². The molecule has 1 aromatic heterocycles. The van der Waals surface area contributed by atoms with Crippen molar-refractivity contribution in [1.29, 1.82) is 0 Å². The normalized spacial score (nSPS) is 12.5. The highest BCUT2D eigenvalue weighted by atomic mass is 35.5. The lowest BCUT2D eigenvalue weighted by atomic mass is 10.0. The van der Waals surface area contributed by atoms with E-state index in [9.17, 15) is 0 Å². The van der Waals surface area contributed by atoms with Gasteiger partial charge in [0.05, 0.1) is 31.8 Å². The predicted octanol–water partition coefficient (Wildman–Crippen LogP) is 5.00. The number of hydrogen-bond donors (Lipinski definition) is 1. The lowest BCUT2D eigenvalue weighted by molar-refractivity contribution is 0.671. The van der Waals surface area contributed by atoms with Crippen molar-refractivity contribution in [1.82, 2.24) is 10.3 Å². The molecular weight excluding hydrogens is 326 g/mol. The van der Waals surface area contributed by atoms with Crippen LogP contribution < -0.4 is 5.32 Å². The van der Waals surface area contributed by atoms with Crippen LogP contribution in [0.4, 0.5) is 0 Å². The third-order valence-corrected chi connectivity index (χ3v) is 3.92. The molecule has 0 aliphatic carbocycles. The van der Waals surface area contributed by atoms with Gasteiger partial charge in [0.25, 0.3) is 0 Å². The molecule has 0 radical (unpaired) electrons. The molecule has 0 spiro atoms. The van der Waals surface area contributed by atoms with E-state index in [4.69, 9.17) is 46.4 Å². The summed E-state index contributed by atoms with van der Waals surface area (Å²) in [5.74, 6) is 0. The molecule has 1 N–H and O–H groups in total. The van der Waals surface area contributed by atoms with E-state index >= 15 is 0 Å². The number of hydrogen-bond acceptors (Lipinski definition) is 2. The second kappa shape index (κ2) is 6.29. The van der Waals surface area contributed by atoms with Crippen LogP contribution in [0.15, 0.2) is 30.5 Å². The van der Waals surface area contributed by atoms with Gasteiger partial charge in [-0.25, -0.2) is 0 Å². The van der Waals surface area contributed by atoms with Gasteiger partial charge >= 0.3 is 0 Å². The molecule has 19 heavy (non-hydrogen) atoms. The molecule has 6 heteroatoms. The molecule has 100 valence electrons. The van der Waals surface area contributed by atoms with Crippen LogP contribution in [-0.4, -0.2) is 12.0 Å². The molecule has 1 unspecified atom stereocenters. The van der Waals surface area contributed by atoms with E-state index in [1.807, 2.05) is 13.1 Å². The second-order valence-electron chi connectivity index (χ2n) is 3.92. The highest BCUT2D eigenvalue weighted by Gasteiger charge is 2.18. The minimum absolute atomic E-state index is 0.181. The summed E-state index contributed by atoms with van der Waals surface area (Å²) in [6, 6.07) is 6.89. The first-order valence-electron chi connectivity index (χ1n) is 5.46. The molecule has 0 bridgehead atoms. The molecule has 0 saturated carbocycles. The third-order valence-electron chi connectivity index (χ3n) is 2.68. The Morgan fingerprint density at radius 2 is 1.74 bits per heavy atom. The van der Waals surface area contributed by atoms with Gasteiger partial charge in [-0.2, -0.15) is 0 Å². The first-order chi connectivity index (χ1) is 9.02. The molecule has 2 aromatic rings. The number of rotatable bonds is 3. The molecule has 2 nitrogen and oxygen atoms in total. The Bertz CT molecular complexity index is 601. The second-order valence-corrected chi connectivity index (χ2v) is 5.57. The number of halogens is 4. The number of nitrogens with one attached hydrogen (secondary N) is 1. The molecule has 1 atom stereocenters. The van der Waals surface area contributed by atoms with Gasteiger partial charge in [-0.15, -0.1) is 0 Å². The minimum Gasteiger partial charge on any atom is -0.308 e. The Hall–Kier alpha value is -0.510. The van der Waals surface area contributed by atoms with Gasteiger partial charge < -0.3 is 5.32 Å². The molecule has 0 aliphatic heterocycles. The predicted molar refractivity (Wildman–Crippen MR) is 81.6 cm³/mol. The van der Waals surface area contributed by atoms with E-state index in [-0.39, 0.29) is 6.04 Å². The van der Waals surface area contributed by atoms with E-state index in [0.29, 0.717) is 25.8 Å². The monoisotopic (exact) mass is 334 g/mol. The average Bonchev–Trinajstić information content (AvgIpc) is 2.37. The van der Waals surface area contributed by atoms with Gasteiger partial charge in [0, 0.05) is 6.20 Å². The van der Waals surface area contributed by atoms with Gasteiger partial charge in [0.1, 0.15) is 0 Å². The van der Waals surface area contributed by atoms with Crippen LogP contribution in [0.1, 0.15) is 17.3 Å². The molecule has 0 fully saturated rings. The molecule has 1 aromatic carbocycles.